The molecule has 7 nitrogen and oxygen atoms in total. The summed E-state index contributed by atoms with van der Waals surface area (Å²) in [5.41, 5.74) is -0.0553. The van der Waals surface area contributed by atoms with Crippen molar-refractivity contribution in [1.29, 1.82) is 0 Å². The summed E-state index contributed by atoms with van der Waals surface area (Å²) in [5, 5.41) is 0. The maximum absolute atomic E-state index is 13.1. The summed E-state index contributed by atoms with van der Waals surface area (Å²) < 4.78 is 72.0. The van der Waals surface area contributed by atoms with E-state index in [1.807, 2.05) is 0 Å². The fraction of sp³-hybridized carbons (Fsp3) is 0.412. The summed E-state index contributed by atoms with van der Waals surface area (Å²) in [5.74, 6) is 0. The molecule has 0 saturated carbocycles. The summed E-state index contributed by atoms with van der Waals surface area (Å²) in [7, 11) is -0.801. The van der Waals surface area contributed by atoms with Crippen LogP contribution in [0.1, 0.15) is 17.4 Å². The van der Waals surface area contributed by atoms with Crippen molar-refractivity contribution in [1.82, 2.24) is 18.6 Å². The number of halogens is 3. The predicted octanol–water partition coefficient (Wildman–Crippen LogP) is 2.34. The SMILES string of the molecule is CN(C)S(=O)(=O)N1CCO[C@H](c2nccnc2-c2cccc(C(F)(F)F)c2)C1. The van der Waals surface area contributed by atoms with Gasteiger partial charge in [-0.3, -0.25) is 9.97 Å². The van der Waals surface area contributed by atoms with Crippen LogP contribution in [0.2, 0.25) is 0 Å². The molecule has 0 bridgehead atoms. The third kappa shape index (κ3) is 4.17. The zero-order valence-electron chi connectivity index (χ0n) is 15.2. The molecule has 1 aromatic heterocycles. The molecule has 1 aromatic carbocycles. The van der Waals surface area contributed by atoms with Gasteiger partial charge in [-0.25, -0.2) is 0 Å². The lowest BCUT2D eigenvalue weighted by atomic mass is 10.0. The second kappa shape index (κ2) is 7.74. The highest BCUT2D eigenvalue weighted by atomic mass is 32.2. The van der Waals surface area contributed by atoms with E-state index in [1.54, 1.807) is 0 Å². The van der Waals surface area contributed by atoms with Crippen molar-refractivity contribution in [3.63, 3.8) is 0 Å². The first-order valence-corrected chi connectivity index (χ1v) is 9.78. The molecule has 152 valence electrons. The Balaban J connectivity index is 1.97. The van der Waals surface area contributed by atoms with Gasteiger partial charge in [0.05, 0.1) is 23.6 Å². The molecule has 1 fully saturated rings. The number of rotatable bonds is 4. The maximum atomic E-state index is 13.1. The average molecular weight is 416 g/mol. The third-order valence-electron chi connectivity index (χ3n) is 4.31. The van der Waals surface area contributed by atoms with Gasteiger partial charge in [-0.05, 0) is 12.1 Å². The van der Waals surface area contributed by atoms with Crippen LogP contribution in [0.25, 0.3) is 11.3 Å². The van der Waals surface area contributed by atoms with Gasteiger partial charge in [-0.15, -0.1) is 0 Å². The van der Waals surface area contributed by atoms with E-state index in [2.05, 4.69) is 9.97 Å². The van der Waals surface area contributed by atoms with Gasteiger partial charge in [0, 0.05) is 45.1 Å². The first kappa shape index (κ1) is 20.6. The lowest BCUT2D eigenvalue weighted by molar-refractivity contribution is -0.137. The minimum absolute atomic E-state index is 0.00876. The van der Waals surface area contributed by atoms with E-state index in [0.717, 1.165) is 16.4 Å². The van der Waals surface area contributed by atoms with E-state index in [0.29, 0.717) is 5.69 Å². The van der Waals surface area contributed by atoms with Gasteiger partial charge >= 0.3 is 6.18 Å². The number of morpholine rings is 1. The Hall–Kier alpha value is -2.08. The third-order valence-corrected chi connectivity index (χ3v) is 6.22. The zero-order chi connectivity index (χ0) is 20.5. The molecule has 28 heavy (non-hydrogen) atoms. The molecular formula is C17H19F3N4O3S. The molecule has 0 N–H and O–H groups in total. The van der Waals surface area contributed by atoms with E-state index in [9.17, 15) is 21.6 Å². The van der Waals surface area contributed by atoms with Gasteiger partial charge < -0.3 is 4.74 Å². The van der Waals surface area contributed by atoms with Crippen LogP contribution in [0.4, 0.5) is 13.2 Å². The van der Waals surface area contributed by atoms with Crippen molar-refractivity contribution < 1.29 is 26.3 Å². The minimum atomic E-state index is -4.49. The molecule has 1 saturated heterocycles. The van der Waals surface area contributed by atoms with Gasteiger partial charge in [0.1, 0.15) is 6.10 Å². The van der Waals surface area contributed by atoms with Crippen molar-refractivity contribution in [2.45, 2.75) is 12.3 Å². The highest BCUT2D eigenvalue weighted by molar-refractivity contribution is 7.86. The summed E-state index contributed by atoms with van der Waals surface area (Å²) in [6.07, 6.45) is -2.47. The van der Waals surface area contributed by atoms with Gasteiger partial charge in [-0.2, -0.15) is 30.2 Å². The predicted molar refractivity (Wildman–Crippen MR) is 95.3 cm³/mol. The van der Waals surface area contributed by atoms with Gasteiger partial charge in [0.15, 0.2) is 0 Å². The van der Waals surface area contributed by atoms with Gasteiger partial charge in [0.25, 0.3) is 10.2 Å². The van der Waals surface area contributed by atoms with Crippen LogP contribution in [0.5, 0.6) is 0 Å². The van der Waals surface area contributed by atoms with Crippen LogP contribution in [0, 0.1) is 0 Å². The van der Waals surface area contributed by atoms with Gasteiger partial charge in [0.2, 0.25) is 0 Å². The Morgan fingerprint density at radius 2 is 1.93 bits per heavy atom. The topological polar surface area (TPSA) is 75.6 Å². The molecule has 0 unspecified atom stereocenters. The Morgan fingerprint density at radius 1 is 1.21 bits per heavy atom. The van der Waals surface area contributed by atoms with E-state index in [-0.39, 0.29) is 31.0 Å². The zero-order valence-corrected chi connectivity index (χ0v) is 16.0. The van der Waals surface area contributed by atoms with E-state index in [1.165, 1.54) is 42.9 Å². The molecule has 0 amide bonds. The van der Waals surface area contributed by atoms with Crippen LogP contribution >= 0.6 is 0 Å². The van der Waals surface area contributed by atoms with Gasteiger partial charge in [-0.1, -0.05) is 12.1 Å². The number of alkyl halides is 3. The number of hydrogen-bond acceptors (Lipinski definition) is 5. The minimum Gasteiger partial charge on any atom is -0.369 e. The molecule has 11 heteroatoms. The molecule has 1 aliphatic heterocycles. The Bertz CT molecular complexity index is 951. The molecule has 3 rings (SSSR count). The lowest BCUT2D eigenvalue weighted by Gasteiger charge is -2.33. The molecule has 2 aromatic rings. The van der Waals surface area contributed by atoms with Crippen molar-refractivity contribution in [2.75, 3.05) is 33.8 Å². The first-order valence-electron chi connectivity index (χ1n) is 8.38. The van der Waals surface area contributed by atoms with Crippen LogP contribution in [-0.2, 0) is 21.1 Å². The second-order valence-corrected chi connectivity index (χ2v) is 8.52. The highest BCUT2D eigenvalue weighted by Gasteiger charge is 2.34. The molecule has 2 heterocycles. The van der Waals surface area contributed by atoms with Crippen molar-refractivity contribution >= 4 is 10.2 Å². The summed E-state index contributed by atoms with van der Waals surface area (Å²) >= 11 is 0. The van der Waals surface area contributed by atoms with Crippen molar-refractivity contribution in [3.05, 3.63) is 47.9 Å². The normalized spacial score (nSPS) is 19.1. The fourth-order valence-corrected chi connectivity index (χ4v) is 3.97. The van der Waals surface area contributed by atoms with E-state index in [4.69, 9.17) is 4.74 Å². The molecular weight excluding hydrogens is 397 g/mol. The molecule has 0 radical (unpaired) electrons. The molecule has 0 aliphatic carbocycles. The van der Waals surface area contributed by atoms with E-state index < -0.39 is 28.1 Å². The maximum Gasteiger partial charge on any atom is 0.416 e. The van der Waals surface area contributed by atoms with Crippen LogP contribution in [0.15, 0.2) is 36.7 Å². The standard InChI is InChI=1S/C17H19F3N4O3S/c1-23(2)28(25,26)24-8-9-27-14(11-24)16-15(21-6-7-22-16)12-4-3-5-13(10-12)17(18,19)20/h3-7,10,14H,8-9,11H2,1-2H3/t14-/m0/s1. The Morgan fingerprint density at radius 3 is 2.61 bits per heavy atom. The molecule has 1 atom stereocenters. The highest BCUT2D eigenvalue weighted by Crippen LogP contribution is 2.34. The number of hydrogen-bond donors (Lipinski definition) is 0. The lowest BCUT2D eigenvalue weighted by Crippen LogP contribution is -2.47. The number of ether oxygens (including phenoxy) is 1. The molecule has 1 aliphatic rings. The number of nitrogens with zero attached hydrogens (tertiary/aromatic N) is 4. The number of benzene rings is 1. The smallest absolute Gasteiger partial charge is 0.369 e. The number of aromatic nitrogens is 2. The Kier molecular flexibility index (Phi) is 5.71. The average Bonchev–Trinajstić information content (AvgIpc) is 2.67. The van der Waals surface area contributed by atoms with Crippen molar-refractivity contribution in [2.24, 2.45) is 0 Å². The summed E-state index contributed by atoms with van der Waals surface area (Å²) in [6.45, 7) is 0.303. The fourth-order valence-electron chi connectivity index (χ4n) is 2.88. The largest absolute Gasteiger partial charge is 0.416 e. The van der Waals surface area contributed by atoms with E-state index >= 15 is 0 Å². The quantitative estimate of drug-likeness (QED) is 0.765. The van der Waals surface area contributed by atoms with Crippen LogP contribution in [0.3, 0.4) is 0 Å². The van der Waals surface area contributed by atoms with Crippen LogP contribution < -0.4 is 0 Å². The summed E-state index contributed by atoms with van der Waals surface area (Å²) in [6, 6.07) is 4.76. The second-order valence-electron chi connectivity index (χ2n) is 6.38. The monoisotopic (exact) mass is 416 g/mol. The summed E-state index contributed by atoms with van der Waals surface area (Å²) in [4.78, 5) is 8.41. The molecule has 0 spiro atoms. The Labute approximate surface area is 161 Å². The first-order chi connectivity index (χ1) is 13.1. The van der Waals surface area contributed by atoms with Crippen molar-refractivity contribution in [3.8, 4) is 11.3 Å². The van der Waals surface area contributed by atoms with Crippen LogP contribution in [-0.4, -0.2) is 60.8 Å².